The number of para-hydroxylation sites is 1. The van der Waals surface area contributed by atoms with E-state index in [1.165, 1.54) is 5.57 Å². The Morgan fingerprint density at radius 2 is 1.62 bits per heavy atom. The van der Waals surface area contributed by atoms with E-state index in [-0.39, 0.29) is 33.4 Å². The van der Waals surface area contributed by atoms with Gasteiger partial charge in [-0.25, -0.2) is 0 Å². The van der Waals surface area contributed by atoms with E-state index in [0.717, 1.165) is 68.9 Å². The summed E-state index contributed by atoms with van der Waals surface area (Å²) in [6.45, 7) is 18.7. The van der Waals surface area contributed by atoms with Gasteiger partial charge >= 0.3 is 5.97 Å². The first kappa shape index (κ1) is 32.4. The summed E-state index contributed by atoms with van der Waals surface area (Å²) in [5.41, 5.74) is 2.41. The highest BCUT2D eigenvalue weighted by atomic mass is 16.5. The molecule has 5 nitrogen and oxygen atoms in total. The Hall–Kier alpha value is -2.56. The van der Waals surface area contributed by atoms with E-state index in [0.29, 0.717) is 41.1 Å². The lowest BCUT2D eigenvalue weighted by molar-refractivity contribution is -0.232. The predicted octanol–water partition coefficient (Wildman–Crippen LogP) is 9.10. The van der Waals surface area contributed by atoms with Crippen LogP contribution in [0, 0.1) is 56.7 Å². The van der Waals surface area contributed by atoms with E-state index in [2.05, 4.69) is 54.2 Å². The number of benzene rings is 1. The Morgan fingerprint density at radius 1 is 0.889 bits per heavy atom. The van der Waals surface area contributed by atoms with Crippen molar-refractivity contribution in [1.82, 2.24) is 0 Å². The van der Waals surface area contributed by atoms with Gasteiger partial charge in [-0.2, -0.15) is 0 Å². The lowest BCUT2D eigenvalue weighted by atomic mass is 9.32. The average Bonchev–Trinajstić information content (AvgIpc) is 3.41. The van der Waals surface area contributed by atoms with Gasteiger partial charge in [0, 0.05) is 11.0 Å². The van der Waals surface area contributed by atoms with Gasteiger partial charge in [0.25, 0.3) is 0 Å². The molecule has 0 bridgehead atoms. The molecule has 0 radical (unpaired) electrons. The first-order valence-corrected chi connectivity index (χ1v) is 17.4. The molecule has 0 heterocycles. The first-order chi connectivity index (χ1) is 21.2. The second-order valence-corrected chi connectivity index (χ2v) is 16.8. The van der Waals surface area contributed by atoms with Crippen molar-refractivity contribution in [2.75, 3.05) is 21.3 Å². The second kappa shape index (κ2) is 10.7. The molecular formula is C40H56O5. The maximum Gasteiger partial charge on any atom is 0.312 e. The zero-order chi connectivity index (χ0) is 32.7. The Bertz CT molecular complexity index is 1440. The van der Waals surface area contributed by atoms with Crippen molar-refractivity contribution in [2.24, 2.45) is 56.7 Å². The minimum atomic E-state index is -0.451. The third-order valence-corrected chi connectivity index (χ3v) is 15.0. The number of allylic oxidation sites excluding steroid dienone is 2. The number of rotatable bonds is 5. The molecule has 5 aliphatic carbocycles. The number of methoxy groups -OCH3 is 3. The summed E-state index contributed by atoms with van der Waals surface area (Å²) >= 11 is 0. The molecule has 45 heavy (non-hydrogen) atoms. The van der Waals surface area contributed by atoms with Gasteiger partial charge in [0.1, 0.15) is 0 Å². The Balaban J connectivity index is 1.42. The molecule has 0 unspecified atom stereocenters. The lowest BCUT2D eigenvalue weighted by Gasteiger charge is -2.72. The van der Waals surface area contributed by atoms with E-state index in [9.17, 15) is 9.59 Å². The minimum absolute atomic E-state index is 0.0107. The summed E-state index contributed by atoms with van der Waals surface area (Å²) in [4.78, 5) is 27.9. The maximum atomic E-state index is 14.3. The summed E-state index contributed by atoms with van der Waals surface area (Å²) in [7, 11) is 4.89. The lowest BCUT2D eigenvalue weighted by Crippen LogP contribution is -2.67. The number of ether oxygens (including phenoxy) is 3. The monoisotopic (exact) mass is 616 g/mol. The molecule has 5 fully saturated rings. The minimum Gasteiger partial charge on any atom is -0.493 e. The van der Waals surface area contributed by atoms with E-state index in [1.54, 1.807) is 21.3 Å². The molecule has 1 aromatic carbocycles. The summed E-state index contributed by atoms with van der Waals surface area (Å²) in [5, 5.41) is 0. The number of ketones is 1. The normalized spacial score (nSPS) is 42.6. The van der Waals surface area contributed by atoms with Gasteiger partial charge in [-0.1, -0.05) is 58.9 Å². The summed E-state index contributed by atoms with van der Waals surface area (Å²) < 4.78 is 16.9. The molecule has 0 aliphatic heterocycles. The Labute approximate surface area is 271 Å². The summed E-state index contributed by atoms with van der Waals surface area (Å²) in [5.74, 6) is 3.58. The van der Waals surface area contributed by atoms with Crippen LogP contribution in [-0.2, 0) is 14.3 Å². The number of carbonyl (C=O) groups is 2. The molecule has 6 rings (SSSR count). The molecule has 5 aliphatic rings. The van der Waals surface area contributed by atoms with Crippen LogP contribution < -0.4 is 9.47 Å². The van der Waals surface area contributed by atoms with Crippen molar-refractivity contribution in [3.05, 3.63) is 41.5 Å². The van der Waals surface area contributed by atoms with Gasteiger partial charge in [-0.3, -0.25) is 9.59 Å². The van der Waals surface area contributed by atoms with Crippen LogP contribution in [0.5, 0.6) is 11.5 Å². The fourth-order valence-electron chi connectivity index (χ4n) is 12.9. The smallest absolute Gasteiger partial charge is 0.312 e. The second-order valence-electron chi connectivity index (χ2n) is 16.8. The molecule has 246 valence electrons. The van der Waals surface area contributed by atoms with Crippen LogP contribution >= 0.6 is 0 Å². The Kier molecular flexibility index (Phi) is 7.73. The van der Waals surface area contributed by atoms with Gasteiger partial charge in [-0.05, 0) is 128 Å². The molecule has 0 amide bonds. The molecule has 5 saturated carbocycles. The van der Waals surface area contributed by atoms with E-state index in [1.807, 2.05) is 18.2 Å². The first-order valence-electron chi connectivity index (χ1n) is 17.4. The van der Waals surface area contributed by atoms with Crippen LogP contribution in [0.25, 0.3) is 6.08 Å². The maximum absolute atomic E-state index is 14.3. The SMILES string of the molecule is C=C(C)[C@@H]1CC[C@]2(C(=O)OC)CC[C@]3(C)[C@H](CC[C@@H]4[C@@]5(C)C/C(=C/c6cccc(OC)c6OC)C(=O)C(C)(C)[C@@H]5CC[C@]43C)[C@@H]12. The standard InChI is InChI=1S/C40H56O5/c1-24(2)27-16-19-40(35(42)45-10)21-20-38(6)28(32(27)40)14-15-31-37(5)23-26(22-25-12-11-13-29(43-8)33(25)44-9)34(41)36(3,4)30(37)17-18-39(31,38)7/h11-13,22,27-28,30-32H,1,14-21,23H2,2-10H3/b26-22-/t27-,28+,30-,31+,32+,37-,38+,39+,40-/m0/s1. The van der Waals surface area contributed by atoms with Crippen LogP contribution in [0.1, 0.15) is 105 Å². The van der Waals surface area contributed by atoms with Gasteiger partial charge in [-0.15, -0.1) is 0 Å². The van der Waals surface area contributed by atoms with Crippen molar-refractivity contribution in [3.8, 4) is 11.5 Å². The van der Waals surface area contributed by atoms with Crippen LogP contribution in [-0.4, -0.2) is 33.1 Å². The third-order valence-electron chi connectivity index (χ3n) is 15.0. The fourth-order valence-corrected chi connectivity index (χ4v) is 12.9. The molecule has 0 N–H and O–H groups in total. The molecule has 9 atom stereocenters. The quantitative estimate of drug-likeness (QED) is 0.188. The van der Waals surface area contributed by atoms with Crippen molar-refractivity contribution in [1.29, 1.82) is 0 Å². The van der Waals surface area contributed by atoms with E-state index in [4.69, 9.17) is 14.2 Å². The van der Waals surface area contributed by atoms with E-state index < -0.39 is 5.41 Å². The highest BCUT2D eigenvalue weighted by molar-refractivity contribution is 6.04. The van der Waals surface area contributed by atoms with Gasteiger partial charge in [0.15, 0.2) is 17.3 Å². The van der Waals surface area contributed by atoms with Crippen molar-refractivity contribution in [2.45, 2.75) is 99.3 Å². The average molecular weight is 617 g/mol. The molecule has 0 aromatic heterocycles. The van der Waals surface area contributed by atoms with Crippen LogP contribution in [0.3, 0.4) is 0 Å². The van der Waals surface area contributed by atoms with Crippen molar-refractivity contribution < 1.29 is 23.8 Å². The zero-order valence-electron chi connectivity index (χ0n) is 29.3. The molecule has 5 heteroatoms. The number of esters is 1. The van der Waals surface area contributed by atoms with Crippen LogP contribution in [0.2, 0.25) is 0 Å². The van der Waals surface area contributed by atoms with Crippen molar-refractivity contribution >= 4 is 17.8 Å². The molecule has 1 aromatic rings. The van der Waals surface area contributed by atoms with Crippen LogP contribution in [0.15, 0.2) is 35.9 Å². The molecular weight excluding hydrogens is 560 g/mol. The topological polar surface area (TPSA) is 61.8 Å². The van der Waals surface area contributed by atoms with Crippen molar-refractivity contribution in [3.63, 3.8) is 0 Å². The largest absolute Gasteiger partial charge is 0.493 e. The highest BCUT2D eigenvalue weighted by Gasteiger charge is 2.72. The molecule has 0 saturated heterocycles. The zero-order valence-corrected chi connectivity index (χ0v) is 29.3. The highest BCUT2D eigenvalue weighted by Crippen LogP contribution is 2.77. The number of Topliss-reactive ketones (excluding diaryl/α,β-unsaturated/α-hetero) is 1. The predicted molar refractivity (Wildman–Crippen MR) is 179 cm³/mol. The summed E-state index contributed by atoms with van der Waals surface area (Å²) in [6.07, 6.45) is 11.3. The summed E-state index contributed by atoms with van der Waals surface area (Å²) in [6, 6.07) is 5.89. The van der Waals surface area contributed by atoms with Gasteiger partial charge in [0.05, 0.1) is 26.7 Å². The number of fused-ring (bicyclic) bond motifs is 7. The van der Waals surface area contributed by atoms with Gasteiger partial charge < -0.3 is 14.2 Å². The number of hydrogen-bond acceptors (Lipinski definition) is 5. The van der Waals surface area contributed by atoms with Crippen LogP contribution in [0.4, 0.5) is 0 Å². The number of carbonyl (C=O) groups excluding carboxylic acids is 2. The van der Waals surface area contributed by atoms with E-state index >= 15 is 0 Å². The molecule has 0 spiro atoms. The third kappa shape index (κ3) is 4.23. The number of hydrogen-bond donors (Lipinski definition) is 0. The fraction of sp³-hybridized carbons (Fsp3) is 0.700. The van der Waals surface area contributed by atoms with Gasteiger partial charge in [0.2, 0.25) is 0 Å². The Morgan fingerprint density at radius 3 is 2.27 bits per heavy atom.